The van der Waals surface area contributed by atoms with Crippen LogP contribution in [0.4, 0.5) is 18.9 Å². The molecular weight excluding hydrogens is 453 g/mol. The Morgan fingerprint density at radius 2 is 1.76 bits per heavy atom. The summed E-state index contributed by atoms with van der Waals surface area (Å²) in [7, 11) is 0. The molecule has 186 valence electrons. The predicted molar refractivity (Wildman–Crippen MR) is 120 cm³/mol. The van der Waals surface area contributed by atoms with Crippen molar-refractivity contribution in [2.24, 2.45) is 5.73 Å². The van der Waals surface area contributed by atoms with Crippen LogP contribution in [-0.2, 0) is 28.5 Å². The van der Waals surface area contributed by atoms with Gasteiger partial charge in [0.1, 0.15) is 5.75 Å². The Morgan fingerprint density at radius 1 is 1.09 bits per heavy atom. The Morgan fingerprint density at radius 3 is 2.41 bits per heavy atom. The first-order chi connectivity index (χ1) is 15.9. The number of benzene rings is 2. The fraction of sp³-hybridized carbons (Fsp3) is 0.500. The van der Waals surface area contributed by atoms with Crippen molar-refractivity contribution in [3.63, 3.8) is 0 Å². The van der Waals surface area contributed by atoms with E-state index in [4.69, 9.17) is 19.9 Å². The summed E-state index contributed by atoms with van der Waals surface area (Å²) in [4.78, 5) is 10.4. The van der Waals surface area contributed by atoms with Gasteiger partial charge in [0, 0.05) is 12.1 Å². The number of nitrogens with two attached hydrogens (primary N) is 1. The quantitative estimate of drug-likeness (QED) is 0.306. The third-order valence-electron chi connectivity index (χ3n) is 5.66. The lowest BCUT2D eigenvalue weighted by atomic mass is 9.92. The lowest BCUT2D eigenvalue weighted by Crippen LogP contribution is -2.57. The highest BCUT2D eigenvalue weighted by molar-refractivity contribution is 5.39. The number of nitro groups is 1. The van der Waals surface area contributed by atoms with Crippen molar-refractivity contribution in [3.8, 4) is 5.75 Å². The first kappa shape index (κ1) is 25.9. The largest absolute Gasteiger partial charge is 0.493 e. The lowest BCUT2D eigenvalue weighted by Gasteiger charge is -2.41. The summed E-state index contributed by atoms with van der Waals surface area (Å²) in [6, 6.07) is 10.2. The van der Waals surface area contributed by atoms with Crippen LogP contribution >= 0.6 is 0 Å². The molecule has 1 aliphatic rings. The number of aryl methyl sites for hydroxylation is 2. The normalized spacial score (nSPS) is 17.4. The van der Waals surface area contributed by atoms with E-state index in [2.05, 4.69) is 0 Å². The van der Waals surface area contributed by atoms with Gasteiger partial charge in [0.25, 0.3) is 5.69 Å². The summed E-state index contributed by atoms with van der Waals surface area (Å²) in [5.74, 6) is -0.968. The summed E-state index contributed by atoms with van der Waals surface area (Å²) in [6.45, 7) is 4.13. The van der Waals surface area contributed by atoms with Gasteiger partial charge >= 0.3 is 6.18 Å². The second kappa shape index (κ2) is 10.3. The summed E-state index contributed by atoms with van der Waals surface area (Å²) < 4.78 is 57.6. The van der Waals surface area contributed by atoms with E-state index in [0.717, 1.165) is 11.6 Å². The number of nitrogens with zero attached hydrogens (tertiary/aromatic N) is 1. The van der Waals surface area contributed by atoms with Crippen molar-refractivity contribution < 1.29 is 32.3 Å². The standard InChI is InChI=1S/C24H29F3N2O5/c1-22(2)33-15-23(28,16-34-22)11-10-18-8-9-21(20(14-18)24(25,26)27)32-12-4-6-17-5-3-7-19(13-17)29(30)31/h3,5,7-9,13-14H,4,6,10-12,15-16,28H2,1-2H3. The summed E-state index contributed by atoms with van der Waals surface area (Å²) >= 11 is 0. The zero-order chi connectivity index (χ0) is 25.0. The Labute approximate surface area is 196 Å². The van der Waals surface area contributed by atoms with Crippen LogP contribution in [0, 0.1) is 10.1 Å². The van der Waals surface area contributed by atoms with Gasteiger partial charge in [0.05, 0.1) is 35.8 Å². The SMILES string of the molecule is CC1(C)OCC(N)(CCc2ccc(OCCCc3cccc([N+](=O)[O-])c3)c(C(F)(F)F)c2)CO1. The number of non-ortho nitro benzene ring substituents is 1. The van der Waals surface area contributed by atoms with Crippen LogP contribution in [0.3, 0.4) is 0 Å². The fourth-order valence-electron chi connectivity index (χ4n) is 3.62. The molecular formula is C24H29F3N2O5. The molecule has 0 aliphatic carbocycles. The Bertz CT molecular complexity index is 1000. The van der Waals surface area contributed by atoms with Crippen LogP contribution in [0.25, 0.3) is 0 Å². The molecule has 34 heavy (non-hydrogen) atoms. The molecule has 1 aliphatic heterocycles. The monoisotopic (exact) mass is 482 g/mol. The molecule has 1 heterocycles. The molecule has 0 aromatic heterocycles. The minimum atomic E-state index is -4.58. The van der Waals surface area contributed by atoms with Crippen molar-refractivity contribution in [2.75, 3.05) is 19.8 Å². The van der Waals surface area contributed by atoms with Gasteiger partial charge in [-0.05, 0) is 62.8 Å². The number of ether oxygens (including phenoxy) is 3. The highest BCUT2D eigenvalue weighted by atomic mass is 19.4. The van der Waals surface area contributed by atoms with Crippen LogP contribution < -0.4 is 10.5 Å². The van der Waals surface area contributed by atoms with Gasteiger partial charge in [0.15, 0.2) is 5.79 Å². The molecule has 0 atom stereocenters. The number of hydrogen-bond donors (Lipinski definition) is 1. The molecule has 1 saturated heterocycles. The minimum absolute atomic E-state index is 0.0253. The van der Waals surface area contributed by atoms with Crippen molar-refractivity contribution in [1.29, 1.82) is 0 Å². The molecule has 0 unspecified atom stereocenters. The van der Waals surface area contributed by atoms with E-state index in [9.17, 15) is 23.3 Å². The van der Waals surface area contributed by atoms with E-state index in [0.29, 0.717) is 31.2 Å². The molecule has 2 aromatic carbocycles. The van der Waals surface area contributed by atoms with Crippen molar-refractivity contribution in [3.05, 3.63) is 69.3 Å². The number of nitro benzene ring substituents is 1. The third-order valence-corrected chi connectivity index (χ3v) is 5.66. The molecule has 2 N–H and O–H groups in total. The van der Waals surface area contributed by atoms with Gasteiger partial charge < -0.3 is 19.9 Å². The van der Waals surface area contributed by atoms with Gasteiger partial charge in [-0.25, -0.2) is 0 Å². The number of halogens is 3. The molecule has 0 amide bonds. The topological polar surface area (TPSA) is 96.9 Å². The van der Waals surface area contributed by atoms with E-state index in [-0.39, 0.29) is 31.3 Å². The van der Waals surface area contributed by atoms with E-state index >= 15 is 0 Å². The van der Waals surface area contributed by atoms with Gasteiger partial charge in [-0.2, -0.15) is 13.2 Å². The fourth-order valence-corrected chi connectivity index (χ4v) is 3.62. The van der Waals surface area contributed by atoms with E-state index in [1.807, 2.05) is 0 Å². The molecule has 0 radical (unpaired) electrons. The number of rotatable bonds is 9. The highest BCUT2D eigenvalue weighted by Crippen LogP contribution is 2.37. The second-order valence-electron chi connectivity index (χ2n) is 9.05. The van der Waals surface area contributed by atoms with E-state index < -0.39 is 28.0 Å². The van der Waals surface area contributed by atoms with Crippen molar-refractivity contribution in [2.45, 2.75) is 57.0 Å². The molecule has 2 aromatic rings. The third kappa shape index (κ3) is 7.15. The smallest absolute Gasteiger partial charge is 0.419 e. The van der Waals surface area contributed by atoms with Gasteiger partial charge in [-0.1, -0.05) is 18.2 Å². The van der Waals surface area contributed by atoms with Crippen molar-refractivity contribution >= 4 is 5.69 Å². The van der Waals surface area contributed by atoms with Gasteiger partial charge in [-0.15, -0.1) is 0 Å². The van der Waals surface area contributed by atoms with Crippen molar-refractivity contribution in [1.82, 2.24) is 0 Å². The number of alkyl halides is 3. The maximum absolute atomic E-state index is 13.7. The van der Waals surface area contributed by atoms with Crippen LogP contribution in [0.1, 0.15) is 43.4 Å². The van der Waals surface area contributed by atoms with Gasteiger partial charge in [-0.3, -0.25) is 10.1 Å². The summed E-state index contributed by atoms with van der Waals surface area (Å²) in [5, 5.41) is 10.9. The molecule has 0 spiro atoms. The lowest BCUT2D eigenvalue weighted by molar-refractivity contribution is -0.384. The van der Waals surface area contributed by atoms with Crippen LogP contribution in [0.2, 0.25) is 0 Å². The first-order valence-electron chi connectivity index (χ1n) is 11.0. The molecule has 0 saturated carbocycles. The molecule has 10 heteroatoms. The second-order valence-corrected chi connectivity index (χ2v) is 9.05. The van der Waals surface area contributed by atoms with Crippen LogP contribution in [0.5, 0.6) is 5.75 Å². The Hall–Kier alpha value is -2.69. The summed E-state index contributed by atoms with van der Waals surface area (Å²) in [5.41, 5.74) is 5.88. The average molecular weight is 482 g/mol. The maximum Gasteiger partial charge on any atom is 0.419 e. The predicted octanol–water partition coefficient (Wildman–Crippen LogP) is 5.04. The Kier molecular flexibility index (Phi) is 7.84. The van der Waals surface area contributed by atoms with Gasteiger partial charge in [0.2, 0.25) is 0 Å². The maximum atomic E-state index is 13.7. The zero-order valence-electron chi connectivity index (χ0n) is 19.2. The minimum Gasteiger partial charge on any atom is -0.493 e. The molecule has 7 nitrogen and oxygen atoms in total. The van der Waals surface area contributed by atoms with Crippen LogP contribution in [0.15, 0.2) is 42.5 Å². The molecule has 1 fully saturated rings. The average Bonchev–Trinajstić information content (AvgIpc) is 2.78. The highest BCUT2D eigenvalue weighted by Gasteiger charge is 2.38. The number of hydrogen-bond acceptors (Lipinski definition) is 6. The Balaban J connectivity index is 1.59. The molecule has 3 rings (SSSR count). The van der Waals surface area contributed by atoms with Crippen LogP contribution in [-0.4, -0.2) is 36.1 Å². The van der Waals surface area contributed by atoms with E-state index in [1.54, 1.807) is 32.0 Å². The first-order valence-corrected chi connectivity index (χ1v) is 11.0. The van der Waals surface area contributed by atoms with E-state index in [1.165, 1.54) is 18.2 Å². The molecule has 0 bridgehead atoms. The zero-order valence-corrected chi connectivity index (χ0v) is 19.2. The summed E-state index contributed by atoms with van der Waals surface area (Å²) in [6.07, 6.45) is -2.98.